The molecule has 1 N–H and O–H groups in total. The number of carbonyl (C=O) groups excluding carboxylic acids is 1. The number of nitrogens with one attached hydrogen (secondary N) is 1. The van der Waals surface area contributed by atoms with Gasteiger partial charge in [0.25, 0.3) is 5.91 Å². The van der Waals surface area contributed by atoms with Crippen molar-refractivity contribution >= 4 is 33.7 Å². The zero-order valence-electron chi connectivity index (χ0n) is 15.1. The molecule has 0 spiro atoms. The third-order valence-electron chi connectivity index (χ3n) is 4.56. The number of hydrogen-bond donors (Lipinski definition) is 1. The van der Waals surface area contributed by atoms with E-state index < -0.39 is 0 Å². The van der Waals surface area contributed by atoms with E-state index in [9.17, 15) is 4.79 Å². The molecule has 2 aromatic carbocycles. The molecule has 26 heavy (non-hydrogen) atoms. The van der Waals surface area contributed by atoms with E-state index in [0.29, 0.717) is 17.9 Å². The van der Waals surface area contributed by atoms with Crippen molar-refractivity contribution in [2.75, 3.05) is 5.32 Å². The number of amides is 1. The van der Waals surface area contributed by atoms with Crippen molar-refractivity contribution in [2.24, 2.45) is 0 Å². The van der Waals surface area contributed by atoms with Gasteiger partial charge in [0.05, 0.1) is 10.9 Å². The van der Waals surface area contributed by atoms with Crippen LogP contribution in [0.3, 0.4) is 0 Å². The van der Waals surface area contributed by atoms with Crippen LogP contribution in [0.15, 0.2) is 48.5 Å². The zero-order chi connectivity index (χ0) is 18.3. The number of carbonyl (C=O) groups is 1. The SMILES string of the molecule is CCn1nc(NC(=O)c2cccc(C)c2)c2cc3cccc(C)c3nc21. The lowest BCUT2D eigenvalue weighted by Gasteiger charge is -2.04. The first-order valence-corrected chi connectivity index (χ1v) is 8.71. The molecule has 0 aliphatic heterocycles. The van der Waals surface area contributed by atoms with Gasteiger partial charge < -0.3 is 5.32 Å². The van der Waals surface area contributed by atoms with Gasteiger partial charge in [-0.25, -0.2) is 9.67 Å². The highest BCUT2D eigenvalue weighted by Gasteiger charge is 2.16. The quantitative estimate of drug-likeness (QED) is 0.596. The fourth-order valence-corrected chi connectivity index (χ4v) is 3.21. The average molecular weight is 344 g/mol. The Morgan fingerprint density at radius 1 is 1.12 bits per heavy atom. The molecule has 0 unspecified atom stereocenters. The lowest BCUT2D eigenvalue weighted by molar-refractivity contribution is 0.102. The molecule has 0 radical (unpaired) electrons. The molecule has 2 aromatic heterocycles. The van der Waals surface area contributed by atoms with Crippen LogP contribution in [0.1, 0.15) is 28.4 Å². The minimum absolute atomic E-state index is 0.166. The summed E-state index contributed by atoms with van der Waals surface area (Å²) in [5.41, 5.74) is 4.54. The van der Waals surface area contributed by atoms with Crippen LogP contribution >= 0.6 is 0 Å². The first-order chi connectivity index (χ1) is 12.6. The fraction of sp³-hybridized carbons (Fsp3) is 0.190. The van der Waals surface area contributed by atoms with E-state index in [1.54, 1.807) is 6.07 Å². The Morgan fingerprint density at radius 2 is 1.92 bits per heavy atom. The molecule has 0 aliphatic rings. The van der Waals surface area contributed by atoms with Crippen LogP contribution in [-0.4, -0.2) is 20.7 Å². The van der Waals surface area contributed by atoms with Gasteiger partial charge in [-0.05, 0) is 44.5 Å². The average Bonchev–Trinajstić information content (AvgIpc) is 2.97. The number of nitrogens with zero attached hydrogens (tertiary/aromatic N) is 3. The summed E-state index contributed by atoms with van der Waals surface area (Å²) in [6.07, 6.45) is 0. The molecular formula is C21H20N4O. The van der Waals surface area contributed by atoms with E-state index >= 15 is 0 Å². The normalized spacial score (nSPS) is 11.2. The van der Waals surface area contributed by atoms with Gasteiger partial charge in [-0.15, -0.1) is 0 Å². The highest BCUT2D eigenvalue weighted by Crippen LogP contribution is 2.27. The summed E-state index contributed by atoms with van der Waals surface area (Å²) in [5, 5.41) is 9.42. The van der Waals surface area contributed by atoms with E-state index in [2.05, 4.69) is 16.5 Å². The van der Waals surface area contributed by atoms with Crippen LogP contribution in [0.4, 0.5) is 5.82 Å². The van der Waals surface area contributed by atoms with Gasteiger partial charge >= 0.3 is 0 Å². The summed E-state index contributed by atoms with van der Waals surface area (Å²) >= 11 is 0. The number of rotatable bonds is 3. The van der Waals surface area contributed by atoms with Crippen LogP contribution in [0.2, 0.25) is 0 Å². The van der Waals surface area contributed by atoms with Crippen molar-refractivity contribution in [1.29, 1.82) is 0 Å². The highest BCUT2D eigenvalue weighted by molar-refractivity contribution is 6.09. The summed E-state index contributed by atoms with van der Waals surface area (Å²) < 4.78 is 1.83. The molecule has 0 fully saturated rings. The summed E-state index contributed by atoms with van der Waals surface area (Å²) in [6, 6.07) is 15.7. The molecule has 4 rings (SSSR count). The van der Waals surface area contributed by atoms with Crippen LogP contribution in [0, 0.1) is 13.8 Å². The summed E-state index contributed by atoms with van der Waals surface area (Å²) in [7, 11) is 0. The summed E-state index contributed by atoms with van der Waals surface area (Å²) in [5.74, 6) is 0.380. The lowest BCUT2D eigenvalue weighted by atomic mass is 10.1. The van der Waals surface area contributed by atoms with E-state index in [4.69, 9.17) is 4.98 Å². The molecule has 5 nitrogen and oxygen atoms in total. The second kappa shape index (κ2) is 6.26. The van der Waals surface area contributed by atoms with Crippen molar-refractivity contribution in [1.82, 2.24) is 14.8 Å². The molecule has 0 saturated carbocycles. The Labute approximate surface area is 151 Å². The first-order valence-electron chi connectivity index (χ1n) is 8.71. The number of pyridine rings is 1. The topological polar surface area (TPSA) is 59.8 Å². The van der Waals surface area contributed by atoms with E-state index in [0.717, 1.165) is 33.1 Å². The Balaban J connectivity index is 1.83. The van der Waals surface area contributed by atoms with Crippen molar-refractivity contribution < 1.29 is 4.79 Å². The van der Waals surface area contributed by atoms with Crippen LogP contribution in [-0.2, 0) is 6.54 Å². The zero-order valence-corrected chi connectivity index (χ0v) is 15.1. The number of hydrogen-bond acceptors (Lipinski definition) is 3. The third kappa shape index (κ3) is 2.71. The second-order valence-corrected chi connectivity index (χ2v) is 6.49. The van der Waals surface area contributed by atoms with Gasteiger partial charge in [0, 0.05) is 17.5 Å². The molecule has 0 atom stereocenters. The van der Waals surface area contributed by atoms with Crippen molar-refractivity contribution in [3.63, 3.8) is 0 Å². The van der Waals surface area contributed by atoms with Crippen LogP contribution < -0.4 is 5.32 Å². The van der Waals surface area contributed by atoms with E-state index in [-0.39, 0.29) is 5.91 Å². The van der Waals surface area contributed by atoms with Gasteiger partial charge in [0.15, 0.2) is 11.5 Å². The lowest BCUT2D eigenvalue weighted by Crippen LogP contribution is -2.13. The van der Waals surface area contributed by atoms with Gasteiger partial charge in [-0.1, -0.05) is 35.9 Å². The minimum atomic E-state index is -0.166. The predicted octanol–water partition coefficient (Wildman–Crippen LogP) is 4.47. The smallest absolute Gasteiger partial charge is 0.256 e. The molecule has 2 heterocycles. The predicted molar refractivity (Wildman–Crippen MR) is 105 cm³/mol. The molecule has 0 saturated heterocycles. The Kier molecular flexibility index (Phi) is 3.92. The molecule has 1 amide bonds. The van der Waals surface area contributed by atoms with E-state index in [1.807, 2.05) is 61.9 Å². The number of para-hydroxylation sites is 1. The van der Waals surface area contributed by atoms with Gasteiger partial charge in [0.2, 0.25) is 0 Å². The Hall–Kier alpha value is -3.21. The monoisotopic (exact) mass is 344 g/mol. The standard InChI is InChI=1S/C21H20N4O/c1-4-25-20-17(12-15-9-6-8-14(3)18(15)22-20)19(24-25)23-21(26)16-10-5-7-13(2)11-16/h5-12H,4H2,1-3H3,(H,23,24,26). The number of aromatic nitrogens is 3. The van der Waals surface area contributed by atoms with Gasteiger partial charge in [-0.3, -0.25) is 4.79 Å². The maximum absolute atomic E-state index is 12.6. The molecule has 0 aliphatic carbocycles. The molecule has 5 heteroatoms. The van der Waals surface area contributed by atoms with Crippen molar-refractivity contribution in [2.45, 2.75) is 27.3 Å². The minimum Gasteiger partial charge on any atom is -0.305 e. The van der Waals surface area contributed by atoms with Crippen molar-refractivity contribution in [3.05, 3.63) is 65.2 Å². The molecular weight excluding hydrogens is 324 g/mol. The Bertz CT molecular complexity index is 1140. The largest absolute Gasteiger partial charge is 0.305 e. The summed E-state index contributed by atoms with van der Waals surface area (Å²) in [6.45, 7) is 6.72. The summed E-state index contributed by atoms with van der Waals surface area (Å²) in [4.78, 5) is 17.5. The molecule has 4 aromatic rings. The number of aryl methyl sites for hydroxylation is 3. The maximum Gasteiger partial charge on any atom is 0.256 e. The van der Waals surface area contributed by atoms with E-state index in [1.165, 1.54) is 0 Å². The fourth-order valence-electron chi connectivity index (χ4n) is 3.21. The van der Waals surface area contributed by atoms with Gasteiger partial charge in [0.1, 0.15) is 0 Å². The molecule has 130 valence electrons. The third-order valence-corrected chi connectivity index (χ3v) is 4.56. The number of fused-ring (bicyclic) bond motifs is 2. The maximum atomic E-state index is 12.6. The highest BCUT2D eigenvalue weighted by atomic mass is 16.1. The number of benzene rings is 2. The van der Waals surface area contributed by atoms with Crippen molar-refractivity contribution in [3.8, 4) is 0 Å². The van der Waals surface area contributed by atoms with Gasteiger partial charge in [-0.2, -0.15) is 5.10 Å². The van der Waals surface area contributed by atoms with Crippen LogP contribution in [0.5, 0.6) is 0 Å². The first kappa shape index (κ1) is 16.3. The van der Waals surface area contributed by atoms with Crippen LogP contribution in [0.25, 0.3) is 21.9 Å². The molecule has 0 bridgehead atoms. The second-order valence-electron chi connectivity index (χ2n) is 6.49. The number of anilines is 1. The Morgan fingerprint density at radius 3 is 2.69 bits per heavy atom.